The molecule has 3 rings (SSSR count). The Hall–Kier alpha value is -2.34. The Morgan fingerprint density at radius 1 is 0.625 bits per heavy atom. The van der Waals surface area contributed by atoms with E-state index in [9.17, 15) is 0 Å². The van der Waals surface area contributed by atoms with E-state index in [2.05, 4.69) is 78.9 Å². The van der Waals surface area contributed by atoms with Crippen molar-refractivity contribution >= 4 is 0 Å². The van der Waals surface area contributed by atoms with Gasteiger partial charge in [0.25, 0.3) is 0 Å². The van der Waals surface area contributed by atoms with E-state index in [1.165, 1.54) is 42.4 Å². The predicted octanol–water partition coefficient (Wildman–Crippen LogP) is 6.23. The van der Waals surface area contributed by atoms with E-state index in [0.29, 0.717) is 5.92 Å². The lowest BCUT2D eigenvalue weighted by Crippen LogP contribution is -2.02. The summed E-state index contributed by atoms with van der Waals surface area (Å²) in [5.74, 6) is 0.638. The Balaban J connectivity index is 1.59. The Morgan fingerprint density at radius 3 is 1.96 bits per heavy atom. The van der Waals surface area contributed by atoms with Gasteiger partial charge in [0.15, 0.2) is 0 Å². The zero-order valence-corrected chi connectivity index (χ0v) is 14.2. The summed E-state index contributed by atoms with van der Waals surface area (Å²) in [6.45, 7) is 0. The monoisotopic (exact) mass is 313 g/mol. The highest BCUT2D eigenvalue weighted by Gasteiger charge is 2.11. The third-order valence-corrected chi connectivity index (χ3v) is 4.70. The average molecular weight is 313 g/mol. The fourth-order valence-electron chi connectivity index (χ4n) is 3.33. The van der Waals surface area contributed by atoms with Gasteiger partial charge in [0, 0.05) is 0 Å². The van der Waals surface area contributed by atoms with Crippen LogP contribution in [0, 0.1) is 6.07 Å². The second-order valence-corrected chi connectivity index (χ2v) is 6.43. The largest absolute Gasteiger partial charge is 0.0622 e. The highest BCUT2D eigenvalue weighted by atomic mass is 14.2. The van der Waals surface area contributed by atoms with Crippen molar-refractivity contribution in [2.24, 2.45) is 0 Å². The lowest BCUT2D eigenvalue weighted by Gasteiger charge is -2.17. The fourth-order valence-corrected chi connectivity index (χ4v) is 3.33. The second kappa shape index (κ2) is 9.08. The summed E-state index contributed by atoms with van der Waals surface area (Å²) in [4.78, 5) is 0. The van der Waals surface area contributed by atoms with E-state index in [1.807, 2.05) is 12.1 Å². The molecule has 0 aliphatic rings. The van der Waals surface area contributed by atoms with Crippen molar-refractivity contribution in [2.45, 2.75) is 38.0 Å². The molecule has 121 valence electrons. The van der Waals surface area contributed by atoms with E-state index < -0.39 is 0 Å². The molecule has 1 radical (unpaired) electrons. The normalized spacial score (nSPS) is 12.0. The van der Waals surface area contributed by atoms with E-state index in [1.54, 1.807) is 0 Å². The molecule has 0 fully saturated rings. The molecular formula is C24H25. The Labute approximate surface area is 146 Å². The summed E-state index contributed by atoms with van der Waals surface area (Å²) in [5.41, 5.74) is 4.34. The number of hydrogen-bond donors (Lipinski definition) is 0. The zero-order valence-electron chi connectivity index (χ0n) is 14.2. The molecule has 0 saturated carbocycles. The fraction of sp³-hybridized carbons (Fsp3) is 0.250. The summed E-state index contributed by atoms with van der Waals surface area (Å²) in [5, 5.41) is 0. The van der Waals surface area contributed by atoms with Gasteiger partial charge in [0.05, 0.1) is 0 Å². The van der Waals surface area contributed by atoms with Crippen LogP contribution in [0.1, 0.15) is 41.9 Å². The van der Waals surface area contributed by atoms with E-state index in [0.717, 1.165) is 6.42 Å². The summed E-state index contributed by atoms with van der Waals surface area (Å²) in [6.07, 6.45) is 6.01. The van der Waals surface area contributed by atoms with Crippen LogP contribution < -0.4 is 0 Å². The van der Waals surface area contributed by atoms with E-state index in [4.69, 9.17) is 0 Å². The number of aryl methyl sites for hydroxylation is 2. The number of benzene rings is 3. The van der Waals surface area contributed by atoms with Crippen molar-refractivity contribution in [1.29, 1.82) is 0 Å². The van der Waals surface area contributed by atoms with Gasteiger partial charge in [-0.25, -0.2) is 0 Å². The molecule has 0 heteroatoms. The molecule has 24 heavy (non-hydrogen) atoms. The second-order valence-electron chi connectivity index (χ2n) is 6.43. The van der Waals surface area contributed by atoms with Gasteiger partial charge < -0.3 is 0 Å². The third kappa shape index (κ3) is 5.09. The molecule has 1 atom stereocenters. The molecule has 0 heterocycles. The minimum Gasteiger partial charge on any atom is -0.0622 e. The van der Waals surface area contributed by atoms with Crippen LogP contribution in [-0.2, 0) is 12.8 Å². The molecule has 0 aromatic heterocycles. The minimum atomic E-state index is 0.638. The van der Waals surface area contributed by atoms with Crippen LogP contribution in [0.15, 0.2) is 84.9 Å². The smallest absolute Gasteiger partial charge is 0.0159 e. The van der Waals surface area contributed by atoms with Crippen molar-refractivity contribution in [3.05, 3.63) is 108 Å². The minimum absolute atomic E-state index is 0.638. The van der Waals surface area contributed by atoms with Crippen LogP contribution in [0.25, 0.3) is 0 Å². The SMILES string of the molecule is [c]1ccc(CCC(CCCc2ccccc2)c2ccccc2)cc1. The van der Waals surface area contributed by atoms with Gasteiger partial charge in [0.1, 0.15) is 0 Å². The zero-order chi connectivity index (χ0) is 16.5. The van der Waals surface area contributed by atoms with Crippen LogP contribution in [0.4, 0.5) is 0 Å². The molecule has 1 unspecified atom stereocenters. The van der Waals surface area contributed by atoms with Gasteiger partial charge in [-0.3, -0.25) is 0 Å². The van der Waals surface area contributed by atoms with Crippen molar-refractivity contribution < 1.29 is 0 Å². The summed E-state index contributed by atoms with van der Waals surface area (Å²) < 4.78 is 0. The lowest BCUT2D eigenvalue weighted by molar-refractivity contribution is 0.552. The van der Waals surface area contributed by atoms with Crippen molar-refractivity contribution in [3.63, 3.8) is 0 Å². The van der Waals surface area contributed by atoms with Gasteiger partial charge in [0.2, 0.25) is 0 Å². The van der Waals surface area contributed by atoms with Crippen LogP contribution in [0.2, 0.25) is 0 Å². The number of rotatable bonds is 8. The molecule has 0 saturated heterocycles. The van der Waals surface area contributed by atoms with Crippen LogP contribution >= 0.6 is 0 Å². The summed E-state index contributed by atoms with van der Waals surface area (Å²) >= 11 is 0. The highest BCUT2D eigenvalue weighted by Crippen LogP contribution is 2.27. The van der Waals surface area contributed by atoms with Crippen molar-refractivity contribution in [2.75, 3.05) is 0 Å². The first kappa shape index (κ1) is 16.5. The van der Waals surface area contributed by atoms with Gasteiger partial charge >= 0.3 is 0 Å². The van der Waals surface area contributed by atoms with Gasteiger partial charge in [-0.1, -0.05) is 84.9 Å². The molecule has 0 N–H and O–H groups in total. The molecule has 0 aliphatic carbocycles. The molecule has 0 nitrogen and oxygen atoms in total. The maximum absolute atomic E-state index is 3.10. The first-order valence-electron chi connectivity index (χ1n) is 8.96. The lowest BCUT2D eigenvalue weighted by atomic mass is 9.87. The van der Waals surface area contributed by atoms with Crippen molar-refractivity contribution in [1.82, 2.24) is 0 Å². The first-order valence-corrected chi connectivity index (χ1v) is 8.96. The average Bonchev–Trinajstić information content (AvgIpc) is 2.67. The van der Waals surface area contributed by atoms with Crippen LogP contribution in [0.5, 0.6) is 0 Å². The third-order valence-electron chi connectivity index (χ3n) is 4.70. The standard InChI is InChI=1S/C24H25/c1-4-11-21(12-5-1)15-10-18-24(23-16-8-3-9-17-23)20-19-22-13-6-2-7-14-22/h1,3-9,11-14,16-17,24H,10,15,18-20H2. The quantitative estimate of drug-likeness (QED) is 0.462. The molecule has 0 amide bonds. The van der Waals surface area contributed by atoms with Crippen molar-refractivity contribution in [3.8, 4) is 0 Å². The molecular weight excluding hydrogens is 288 g/mol. The van der Waals surface area contributed by atoms with Crippen LogP contribution in [-0.4, -0.2) is 0 Å². The van der Waals surface area contributed by atoms with E-state index in [-0.39, 0.29) is 0 Å². The summed E-state index contributed by atoms with van der Waals surface area (Å²) in [6, 6.07) is 33.3. The van der Waals surface area contributed by atoms with Gasteiger partial charge in [-0.05, 0) is 60.8 Å². The Bertz CT molecular complexity index is 686. The maximum Gasteiger partial charge on any atom is -0.0159 e. The van der Waals surface area contributed by atoms with Gasteiger partial charge in [-0.2, -0.15) is 0 Å². The Morgan fingerprint density at radius 2 is 1.25 bits per heavy atom. The first-order chi connectivity index (χ1) is 11.9. The number of hydrogen-bond acceptors (Lipinski definition) is 0. The predicted molar refractivity (Wildman–Crippen MR) is 102 cm³/mol. The van der Waals surface area contributed by atoms with Crippen LogP contribution in [0.3, 0.4) is 0 Å². The van der Waals surface area contributed by atoms with Gasteiger partial charge in [-0.15, -0.1) is 0 Å². The molecule has 3 aromatic carbocycles. The Kier molecular flexibility index (Phi) is 6.25. The van der Waals surface area contributed by atoms with E-state index >= 15 is 0 Å². The molecule has 0 aliphatic heterocycles. The molecule has 0 spiro atoms. The topological polar surface area (TPSA) is 0 Å². The molecule has 0 bridgehead atoms. The maximum atomic E-state index is 3.10. The summed E-state index contributed by atoms with van der Waals surface area (Å²) in [7, 11) is 0. The molecule has 3 aromatic rings. The highest BCUT2D eigenvalue weighted by molar-refractivity contribution is 5.21.